The number of nitrogens with one attached hydrogen (secondary N) is 1. The fourth-order valence-corrected chi connectivity index (χ4v) is 3.49. The molecule has 0 saturated carbocycles. The second kappa shape index (κ2) is 7.96. The van der Waals surface area contributed by atoms with Crippen LogP contribution in [0.2, 0.25) is 0 Å². The minimum atomic E-state index is -4.22. The van der Waals surface area contributed by atoms with Gasteiger partial charge >= 0.3 is 0 Å². The van der Waals surface area contributed by atoms with Crippen LogP contribution in [0, 0.1) is 0 Å². The van der Waals surface area contributed by atoms with Crippen molar-refractivity contribution in [2.45, 2.75) is 24.2 Å². The summed E-state index contributed by atoms with van der Waals surface area (Å²) in [4.78, 5) is 4.22. The summed E-state index contributed by atoms with van der Waals surface area (Å²) in [6, 6.07) is 14.3. The smallest absolute Gasteiger partial charge is 0.294 e. The van der Waals surface area contributed by atoms with Crippen LogP contribution in [-0.2, 0) is 15.5 Å². The molecule has 6 heteroatoms. The van der Waals surface area contributed by atoms with E-state index in [1.54, 1.807) is 12.3 Å². The van der Waals surface area contributed by atoms with E-state index in [9.17, 15) is 13.0 Å². The average Bonchev–Trinajstić information content (AvgIpc) is 2.91. The van der Waals surface area contributed by atoms with E-state index in [4.69, 9.17) is 0 Å². The SMILES string of the molecule is CC1(C)C(=CC=CC=CC=Nc2ccccc2)Nc2ccc(S(=O)(=O)O)cc21. The Labute approximate surface area is 165 Å². The highest BCUT2D eigenvalue weighted by Crippen LogP contribution is 2.43. The maximum Gasteiger partial charge on any atom is 0.294 e. The standard InChI is InChI=1S/C22H22N2O3S/c1-22(2)19-16-18(28(25,26)27)13-14-20(19)24-21(22)12-8-3-4-9-15-23-17-10-6-5-7-11-17/h3-16,24H,1-2H3,(H,25,26,27). The number of fused-ring (bicyclic) bond motifs is 1. The highest BCUT2D eigenvalue weighted by molar-refractivity contribution is 7.85. The molecule has 0 radical (unpaired) electrons. The van der Waals surface area contributed by atoms with Crippen molar-refractivity contribution in [2.75, 3.05) is 5.32 Å². The maximum atomic E-state index is 11.4. The van der Waals surface area contributed by atoms with Crippen molar-refractivity contribution in [1.82, 2.24) is 0 Å². The molecule has 0 amide bonds. The lowest BCUT2D eigenvalue weighted by Gasteiger charge is -2.20. The van der Waals surface area contributed by atoms with E-state index in [1.165, 1.54) is 12.1 Å². The first-order valence-corrected chi connectivity index (χ1v) is 10.2. The minimum Gasteiger partial charge on any atom is -0.358 e. The molecule has 1 heterocycles. The van der Waals surface area contributed by atoms with E-state index in [1.807, 2.05) is 74.6 Å². The Morgan fingerprint density at radius 3 is 2.43 bits per heavy atom. The molecule has 3 rings (SSSR count). The van der Waals surface area contributed by atoms with Crippen LogP contribution in [0.15, 0.2) is 94.5 Å². The molecule has 0 atom stereocenters. The van der Waals surface area contributed by atoms with Crippen LogP contribution < -0.4 is 5.32 Å². The zero-order valence-corrected chi connectivity index (χ0v) is 16.5. The molecule has 0 aromatic heterocycles. The van der Waals surface area contributed by atoms with E-state index in [0.29, 0.717) is 0 Å². The van der Waals surface area contributed by atoms with Gasteiger partial charge in [0.15, 0.2) is 0 Å². The van der Waals surface area contributed by atoms with E-state index < -0.39 is 15.5 Å². The van der Waals surface area contributed by atoms with Crippen molar-refractivity contribution in [3.8, 4) is 0 Å². The van der Waals surface area contributed by atoms with Gasteiger partial charge < -0.3 is 5.32 Å². The highest BCUT2D eigenvalue weighted by Gasteiger charge is 2.35. The van der Waals surface area contributed by atoms with Crippen LogP contribution in [-0.4, -0.2) is 19.2 Å². The predicted octanol–water partition coefficient (Wildman–Crippen LogP) is 5.04. The Kier molecular flexibility index (Phi) is 5.63. The molecule has 2 N–H and O–H groups in total. The van der Waals surface area contributed by atoms with Crippen molar-refractivity contribution < 1.29 is 13.0 Å². The number of nitrogens with zero attached hydrogens (tertiary/aromatic N) is 1. The van der Waals surface area contributed by atoms with Crippen LogP contribution in [0.4, 0.5) is 11.4 Å². The largest absolute Gasteiger partial charge is 0.358 e. The Morgan fingerprint density at radius 1 is 1.00 bits per heavy atom. The molecule has 1 aliphatic heterocycles. The van der Waals surface area contributed by atoms with Crippen LogP contribution in [0.25, 0.3) is 0 Å². The summed E-state index contributed by atoms with van der Waals surface area (Å²) in [6.45, 7) is 4.00. The molecule has 0 unspecified atom stereocenters. The summed E-state index contributed by atoms with van der Waals surface area (Å²) in [6.07, 6.45) is 11.2. The summed E-state index contributed by atoms with van der Waals surface area (Å²) >= 11 is 0. The number of para-hydroxylation sites is 1. The van der Waals surface area contributed by atoms with Gasteiger partial charge in [0.25, 0.3) is 10.1 Å². The summed E-state index contributed by atoms with van der Waals surface area (Å²) in [7, 11) is -4.22. The normalized spacial score (nSPS) is 17.6. The lowest BCUT2D eigenvalue weighted by Crippen LogP contribution is -2.17. The van der Waals surface area contributed by atoms with Crippen molar-refractivity contribution in [1.29, 1.82) is 0 Å². The quantitative estimate of drug-likeness (QED) is 0.423. The fraction of sp³-hybridized carbons (Fsp3) is 0.136. The zero-order chi connectivity index (χ0) is 20.2. The Hall–Kier alpha value is -2.96. The predicted molar refractivity (Wildman–Crippen MR) is 114 cm³/mol. The number of allylic oxidation sites excluding steroid dienone is 6. The van der Waals surface area contributed by atoms with Gasteiger partial charge in [-0.3, -0.25) is 9.55 Å². The fourth-order valence-electron chi connectivity index (χ4n) is 2.98. The Balaban J connectivity index is 1.70. The van der Waals surface area contributed by atoms with Gasteiger partial charge in [-0.25, -0.2) is 0 Å². The number of aliphatic imine (C=N–C) groups is 1. The second-order valence-electron chi connectivity index (χ2n) is 6.90. The maximum absolute atomic E-state index is 11.4. The number of hydrogen-bond acceptors (Lipinski definition) is 4. The molecule has 5 nitrogen and oxygen atoms in total. The van der Waals surface area contributed by atoms with Gasteiger partial charge in [-0.1, -0.05) is 50.3 Å². The molecule has 0 aliphatic carbocycles. The highest BCUT2D eigenvalue weighted by atomic mass is 32.2. The molecule has 0 spiro atoms. The van der Waals surface area contributed by atoms with E-state index in [0.717, 1.165) is 22.6 Å². The molecule has 28 heavy (non-hydrogen) atoms. The third-order valence-electron chi connectivity index (χ3n) is 4.57. The molecule has 0 fully saturated rings. The van der Waals surface area contributed by atoms with Gasteiger partial charge in [0.1, 0.15) is 0 Å². The van der Waals surface area contributed by atoms with Crippen LogP contribution in [0.1, 0.15) is 19.4 Å². The molecule has 2 aromatic carbocycles. The van der Waals surface area contributed by atoms with E-state index >= 15 is 0 Å². The van der Waals surface area contributed by atoms with Crippen LogP contribution >= 0.6 is 0 Å². The first-order valence-electron chi connectivity index (χ1n) is 8.81. The number of benzene rings is 2. The van der Waals surface area contributed by atoms with Crippen molar-refractivity contribution in [3.05, 3.63) is 90.2 Å². The molecule has 144 valence electrons. The molecular formula is C22H22N2O3S. The minimum absolute atomic E-state index is 0.0986. The van der Waals surface area contributed by atoms with Crippen LogP contribution in [0.3, 0.4) is 0 Å². The lowest BCUT2D eigenvalue weighted by molar-refractivity contribution is 0.483. The summed E-state index contributed by atoms with van der Waals surface area (Å²) in [5.41, 5.74) is 3.10. The van der Waals surface area contributed by atoms with Gasteiger partial charge in [0.2, 0.25) is 0 Å². The number of anilines is 1. The van der Waals surface area contributed by atoms with Gasteiger partial charge in [0.05, 0.1) is 10.6 Å². The van der Waals surface area contributed by atoms with Crippen molar-refractivity contribution in [2.24, 2.45) is 4.99 Å². The van der Waals surface area contributed by atoms with Crippen molar-refractivity contribution in [3.63, 3.8) is 0 Å². The molecule has 1 aliphatic rings. The molecular weight excluding hydrogens is 372 g/mol. The molecule has 0 bridgehead atoms. The zero-order valence-electron chi connectivity index (χ0n) is 15.7. The Bertz CT molecular complexity index is 1080. The van der Waals surface area contributed by atoms with Gasteiger partial charge in [-0.15, -0.1) is 0 Å². The number of rotatable bonds is 5. The lowest BCUT2D eigenvalue weighted by atomic mass is 9.84. The third-order valence-corrected chi connectivity index (χ3v) is 5.42. The second-order valence-corrected chi connectivity index (χ2v) is 8.32. The van der Waals surface area contributed by atoms with Crippen LogP contribution in [0.5, 0.6) is 0 Å². The first-order chi connectivity index (χ1) is 13.3. The topological polar surface area (TPSA) is 78.8 Å². The van der Waals surface area contributed by atoms with Crippen molar-refractivity contribution >= 4 is 27.7 Å². The summed E-state index contributed by atoms with van der Waals surface area (Å²) < 4.78 is 32.1. The first kappa shape index (κ1) is 19.8. The van der Waals surface area contributed by atoms with E-state index in [-0.39, 0.29) is 4.90 Å². The number of hydrogen-bond donors (Lipinski definition) is 2. The summed E-state index contributed by atoms with van der Waals surface area (Å²) in [5.74, 6) is 0. The molecule has 0 saturated heterocycles. The average molecular weight is 394 g/mol. The summed E-state index contributed by atoms with van der Waals surface area (Å²) in [5, 5.41) is 3.31. The monoisotopic (exact) mass is 394 g/mol. The van der Waals surface area contributed by atoms with E-state index in [2.05, 4.69) is 10.3 Å². The van der Waals surface area contributed by atoms with Gasteiger partial charge in [-0.2, -0.15) is 8.42 Å². The van der Waals surface area contributed by atoms with Gasteiger partial charge in [0, 0.05) is 23.0 Å². The van der Waals surface area contributed by atoms with Gasteiger partial charge in [-0.05, 0) is 48.0 Å². The molecule has 2 aromatic rings. The third kappa shape index (κ3) is 4.47. The Morgan fingerprint density at radius 2 is 1.71 bits per heavy atom.